The molecule has 0 aromatic heterocycles. The smallest absolute Gasteiger partial charge is 0.336 e. The number of unbranched alkanes of at least 4 members (excludes halogenated alkanes) is 4. The van der Waals surface area contributed by atoms with Gasteiger partial charge in [0.25, 0.3) is 0 Å². The summed E-state index contributed by atoms with van der Waals surface area (Å²) in [7, 11) is 1.46. The Morgan fingerprint density at radius 1 is 1.12 bits per heavy atom. The SMILES string of the molecule is CCCCCCCN1C=CC(c2ccccc2)C(C(=O)OC)=C1C. The van der Waals surface area contributed by atoms with Crippen molar-refractivity contribution in [3.63, 3.8) is 0 Å². The summed E-state index contributed by atoms with van der Waals surface area (Å²) in [5.41, 5.74) is 2.88. The molecule has 1 aliphatic heterocycles. The van der Waals surface area contributed by atoms with Crippen LogP contribution < -0.4 is 0 Å². The van der Waals surface area contributed by atoms with E-state index in [-0.39, 0.29) is 11.9 Å². The lowest BCUT2D eigenvalue weighted by Gasteiger charge is -2.31. The van der Waals surface area contributed by atoms with Gasteiger partial charge < -0.3 is 9.64 Å². The zero-order valence-corrected chi connectivity index (χ0v) is 15.1. The average molecular weight is 327 g/mol. The number of ether oxygens (including phenoxy) is 1. The molecule has 0 radical (unpaired) electrons. The van der Waals surface area contributed by atoms with Crippen LogP contribution in [0.1, 0.15) is 57.4 Å². The summed E-state index contributed by atoms with van der Waals surface area (Å²) < 4.78 is 5.06. The number of rotatable bonds is 8. The first-order valence-corrected chi connectivity index (χ1v) is 8.98. The second kappa shape index (κ2) is 9.31. The maximum Gasteiger partial charge on any atom is 0.336 e. The van der Waals surface area contributed by atoms with Gasteiger partial charge in [0.15, 0.2) is 0 Å². The highest BCUT2D eigenvalue weighted by molar-refractivity contribution is 5.91. The Balaban J connectivity index is 2.14. The van der Waals surface area contributed by atoms with Crippen molar-refractivity contribution in [1.82, 2.24) is 4.90 Å². The van der Waals surface area contributed by atoms with E-state index < -0.39 is 0 Å². The van der Waals surface area contributed by atoms with E-state index in [9.17, 15) is 4.79 Å². The van der Waals surface area contributed by atoms with Gasteiger partial charge in [-0.3, -0.25) is 0 Å². The summed E-state index contributed by atoms with van der Waals surface area (Å²) >= 11 is 0. The van der Waals surface area contributed by atoms with Crippen LogP contribution in [0, 0.1) is 0 Å². The summed E-state index contributed by atoms with van der Waals surface area (Å²) in [5.74, 6) is -0.267. The normalized spacial score (nSPS) is 17.3. The average Bonchev–Trinajstić information content (AvgIpc) is 2.62. The Morgan fingerprint density at radius 3 is 2.50 bits per heavy atom. The standard InChI is InChI=1S/C21H29NO2/c1-4-5-6-7-11-15-22-16-14-19(18-12-9-8-10-13-18)20(17(22)2)21(23)24-3/h8-10,12-14,16,19H,4-7,11,15H2,1-3H3. The van der Waals surface area contributed by atoms with Crippen molar-refractivity contribution < 1.29 is 9.53 Å². The molecule has 0 saturated heterocycles. The molecule has 2 rings (SSSR count). The predicted molar refractivity (Wildman–Crippen MR) is 98.5 cm³/mol. The zero-order valence-electron chi connectivity index (χ0n) is 15.1. The number of nitrogens with zero attached hydrogens (tertiary/aromatic N) is 1. The summed E-state index contributed by atoms with van der Waals surface area (Å²) in [6.07, 6.45) is 10.5. The Hall–Kier alpha value is -2.03. The van der Waals surface area contributed by atoms with E-state index in [4.69, 9.17) is 4.74 Å². The molecule has 3 heteroatoms. The molecule has 0 amide bonds. The summed E-state index contributed by atoms with van der Waals surface area (Å²) in [6, 6.07) is 10.1. The van der Waals surface area contributed by atoms with Crippen LogP contribution >= 0.6 is 0 Å². The molecular weight excluding hydrogens is 298 g/mol. The lowest BCUT2D eigenvalue weighted by molar-refractivity contribution is -0.136. The molecule has 0 N–H and O–H groups in total. The maximum atomic E-state index is 12.4. The number of benzene rings is 1. The first kappa shape index (κ1) is 18.3. The van der Waals surface area contributed by atoms with Crippen molar-refractivity contribution in [3.8, 4) is 0 Å². The van der Waals surface area contributed by atoms with Gasteiger partial charge in [-0.05, 0) is 18.9 Å². The molecule has 1 heterocycles. The van der Waals surface area contributed by atoms with Gasteiger partial charge in [0.05, 0.1) is 12.7 Å². The molecule has 1 aromatic rings. The van der Waals surface area contributed by atoms with Crippen molar-refractivity contribution >= 4 is 5.97 Å². The van der Waals surface area contributed by atoms with Crippen LogP contribution in [0.5, 0.6) is 0 Å². The van der Waals surface area contributed by atoms with Crippen LogP contribution in [0.3, 0.4) is 0 Å². The Morgan fingerprint density at radius 2 is 1.83 bits per heavy atom. The largest absolute Gasteiger partial charge is 0.466 e. The van der Waals surface area contributed by atoms with E-state index in [1.54, 1.807) is 0 Å². The van der Waals surface area contributed by atoms with E-state index in [1.165, 1.54) is 32.8 Å². The van der Waals surface area contributed by atoms with E-state index in [1.807, 2.05) is 25.1 Å². The third-order valence-corrected chi connectivity index (χ3v) is 4.66. The van der Waals surface area contributed by atoms with Crippen LogP contribution in [0.2, 0.25) is 0 Å². The molecule has 0 aliphatic carbocycles. The van der Waals surface area contributed by atoms with Crippen molar-refractivity contribution in [2.45, 2.75) is 51.9 Å². The molecule has 1 aromatic carbocycles. The highest BCUT2D eigenvalue weighted by Crippen LogP contribution is 2.34. The highest BCUT2D eigenvalue weighted by Gasteiger charge is 2.28. The number of esters is 1. The number of methoxy groups -OCH3 is 1. The van der Waals surface area contributed by atoms with Crippen molar-refractivity contribution in [2.24, 2.45) is 0 Å². The van der Waals surface area contributed by atoms with Gasteiger partial charge in [-0.25, -0.2) is 4.79 Å². The number of hydrogen-bond donors (Lipinski definition) is 0. The van der Waals surface area contributed by atoms with Crippen LogP contribution in [0.15, 0.2) is 53.9 Å². The highest BCUT2D eigenvalue weighted by atomic mass is 16.5. The van der Waals surface area contributed by atoms with Gasteiger partial charge in [0.1, 0.15) is 0 Å². The Labute approximate surface area is 146 Å². The molecule has 0 bridgehead atoms. The van der Waals surface area contributed by atoms with E-state index in [0.717, 1.165) is 29.8 Å². The molecule has 1 atom stereocenters. The Kier molecular flexibility index (Phi) is 7.10. The number of carbonyl (C=O) groups excluding carboxylic acids is 1. The summed E-state index contributed by atoms with van der Waals surface area (Å²) in [5, 5.41) is 0. The fourth-order valence-corrected chi connectivity index (χ4v) is 3.23. The topological polar surface area (TPSA) is 29.5 Å². The minimum absolute atomic E-state index is 0.0324. The van der Waals surface area contributed by atoms with E-state index in [2.05, 4.69) is 36.2 Å². The van der Waals surface area contributed by atoms with Crippen molar-refractivity contribution in [3.05, 3.63) is 59.4 Å². The van der Waals surface area contributed by atoms with Gasteiger partial charge >= 0.3 is 5.97 Å². The fourth-order valence-electron chi connectivity index (χ4n) is 3.23. The van der Waals surface area contributed by atoms with Gasteiger partial charge in [-0.15, -0.1) is 0 Å². The van der Waals surface area contributed by atoms with E-state index in [0.29, 0.717) is 0 Å². The first-order valence-electron chi connectivity index (χ1n) is 8.98. The quantitative estimate of drug-likeness (QED) is 0.496. The van der Waals surface area contributed by atoms with E-state index >= 15 is 0 Å². The van der Waals surface area contributed by atoms with Crippen molar-refractivity contribution in [1.29, 1.82) is 0 Å². The maximum absolute atomic E-state index is 12.4. The fraction of sp³-hybridized carbons (Fsp3) is 0.476. The molecule has 0 spiro atoms. The summed E-state index contributed by atoms with van der Waals surface area (Å²) in [6.45, 7) is 5.21. The Bertz CT molecular complexity index is 589. The van der Waals surface area contributed by atoms with Gasteiger partial charge in [0, 0.05) is 24.4 Å². The van der Waals surface area contributed by atoms with Crippen LogP contribution in [-0.2, 0) is 9.53 Å². The molecule has 1 aliphatic rings. The molecule has 130 valence electrons. The van der Waals surface area contributed by atoms with Crippen LogP contribution in [-0.4, -0.2) is 24.5 Å². The van der Waals surface area contributed by atoms with Crippen molar-refractivity contribution in [2.75, 3.05) is 13.7 Å². The lowest BCUT2D eigenvalue weighted by atomic mass is 9.87. The second-order valence-corrected chi connectivity index (χ2v) is 6.33. The second-order valence-electron chi connectivity index (χ2n) is 6.33. The molecule has 0 fully saturated rings. The minimum atomic E-state index is -0.235. The summed E-state index contributed by atoms with van der Waals surface area (Å²) in [4.78, 5) is 14.6. The molecular formula is C21H29NO2. The number of hydrogen-bond acceptors (Lipinski definition) is 3. The monoisotopic (exact) mass is 327 g/mol. The number of allylic oxidation sites excluding steroid dienone is 2. The molecule has 3 nitrogen and oxygen atoms in total. The minimum Gasteiger partial charge on any atom is -0.466 e. The molecule has 1 unspecified atom stereocenters. The molecule has 0 saturated carbocycles. The van der Waals surface area contributed by atoms with Crippen LogP contribution in [0.25, 0.3) is 0 Å². The van der Waals surface area contributed by atoms with Gasteiger partial charge in [-0.2, -0.15) is 0 Å². The predicted octanol–water partition coefficient (Wildman–Crippen LogP) is 5.02. The van der Waals surface area contributed by atoms with Crippen LogP contribution in [0.4, 0.5) is 0 Å². The van der Waals surface area contributed by atoms with Gasteiger partial charge in [0.2, 0.25) is 0 Å². The van der Waals surface area contributed by atoms with Gasteiger partial charge in [-0.1, -0.05) is 69.0 Å². The lowest BCUT2D eigenvalue weighted by Crippen LogP contribution is -2.27. The molecule has 24 heavy (non-hydrogen) atoms. The number of carbonyl (C=O) groups is 1. The third-order valence-electron chi connectivity index (χ3n) is 4.66. The third kappa shape index (κ3) is 4.50. The zero-order chi connectivity index (χ0) is 17.4. The first-order chi connectivity index (χ1) is 11.7.